The zero-order valence-electron chi connectivity index (χ0n) is 14.4. The summed E-state index contributed by atoms with van der Waals surface area (Å²) in [4.78, 5) is 1.02. The van der Waals surface area contributed by atoms with Crippen molar-refractivity contribution in [3.05, 3.63) is 46.3 Å². The van der Waals surface area contributed by atoms with E-state index in [1.54, 1.807) is 19.2 Å². The molecule has 0 unspecified atom stereocenters. The van der Waals surface area contributed by atoms with Crippen molar-refractivity contribution in [3.8, 4) is 5.75 Å². The van der Waals surface area contributed by atoms with E-state index in [1.165, 1.54) is 11.3 Å². The van der Waals surface area contributed by atoms with E-state index in [0.717, 1.165) is 41.0 Å². The predicted molar refractivity (Wildman–Crippen MR) is 98.7 cm³/mol. The maximum atomic E-state index is 12.5. The van der Waals surface area contributed by atoms with E-state index in [9.17, 15) is 13.5 Å². The Balaban J connectivity index is 1.81. The number of benzene rings is 1. The number of ether oxygens (including phenoxy) is 1. The number of methoxy groups -OCH3 is 1. The topological polar surface area (TPSA) is 75.6 Å². The summed E-state index contributed by atoms with van der Waals surface area (Å²) < 4.78 is 33.2. The van der Waals surface area contributed by atoms with Gasteiger partial charge in [-0.1, -0.05) is 13.0 Å². The molecular formula is C18H23NO4S2. The van der Waals surface area contributed by atoms with Crippen LogP contribution in [-0.4, -0.2) is 27.2 Å². The van der Waals surface area contributed by atoms with Gasteiger partial charge < -0.3 is 9.84 Å². The lowest BCUT2D eigenvalue weighted by Gasteiger charge is -2.34. The van der Waals surface area contributed by atoms with E-state index in [-0.39, 0.29) is 6.54 Å². The SMILES string of the molecule is CCc1ccc(S(=O)(=O)NC[C@@]2(O)CCCc3cc(OC)ccc32)s1. The Hall–Kier alpha value is -1.41. The first-order valence-electron chi connectivity index (χ1n) is 8.36. The van der Waals surface area contributed by atoms with Crippen LogP contribution in [0.2, 0.25) is 0 Å². The van der Waals surface area contributed by atoms with Crippen molar-refractivity contribution in [2.75, 3.05) is 13.7 Å². The van der Waals surface area contributed by atoms with Crippen LogP contribution in [0.15, 0.2) is 34.5 Å². The first-order chi connectivity index (χ1) is 11.9. The fourth-order valence-corrected chi connectivity index (χ4v) is 5.66. The average molecular weight is 382 g/mol. The highest BCUT2D eigenvalue weighted by Crippen LogP contribution is 2.37. The van der Waals surface area contributed by atoms with Crippen LogP contribution in [0.5, 0.6) is 5.75 Å². The molecule has 1 aromatic heterocycles. The van der Waals surface area contributed by atoms with Gasteiger partial charge in [0.2, 0.25) is 10.0 Å². The first-order valence-corrected chi connectivity index (χ1v) is 10.7. The summed E-state index contributed by atoms with van der Waals surface area (Å²) in [5.41, 5.74) is 0.594. The predicted octanol–water partition coefficient (Wildman–Crippen LogP) is 2.82. The summed E-state index contributed by atoms with van der Waals surface area (Å²) in [6.07, 6.45) is 2.99. The summed E-state index contributed by atoms with van der Waals surface area (Å²) in [5.74, 6) is 0.745. The molecular weight excluding hydrogens is 358 g/mol. The van der Waals surface area contributed by atoms with Crippen LogP contribution in [0.25, 0.3) is 0 Å². The largest absolute Gasteiger partial charge is 0.497 e. The molecule has 0 fully saturated rings. The molecule has 3 rings (SSSR count). The molecule has 0 amide bonds. The second-order valence-electron chi connectivity index (χ2n) is 6.31. The summed E-state index contributed by atoms with van der Waals surface area (Å²) >= 11 is 1.27. The minimum atomic E-state index is -3.62. The van der Waals surface area contributed by atoms with Gasteiger partial charge >= 0.3 is 0 Å². The monoisotopic (exact) mass is 381 g/mol. The van der Waals surface area contributed by atoms with Crippen molar-refractivity contribution in [1.29, 1.82) is 0 Å². The van der Waals surface area contributed by atoms with Crippen molar-refractivity contribution in [2.45, 2.75) is 42.4 Å². The van der Waals surface area contributed by atoms with Gasteiger partial charge in [-0.3, -0.25) is 0 Å². The van der Waals surface area contributed by atoms with Crippen LogP contribution in [-0.2, 0) is 28.5 Å². The fraction of sp³-hybridized carbons (Fsp3) is 0.444. The molecule has 25 heavy (non-hydrogen) atoms. The van der Waals surface area contributed by atoms with Crippen LogP contribution in [0.4, 0.5) is 0 Å². The van der Waals surface area contributed by atoms with Crippen molar-refractivity contribution in [1.82, 2.24) is 4.72 Å². The third-order valence-electron chi connectivity index (χ3n) is 4.66. The molecule has 2 aromatic rings. The molecule has 7 heteroatoms. The molecule has 1 aromatic carbocycles. The second-order valence-corrected chi connectivity index (χ2v) is 9.47. The zero-order valence-corrected chi connectivity index (χ0v) is 16.0. The van der Waals surface area contributed by atoms with Gasteiger partial charge in [-0.15, -0.1) is 11.3 Å². The molecule has 1 heterocycles. The first kappa shape index (κ1) is 18.4. The Bertz CT molecular complexity index is 860. The van der Waals surface area contributed by atoms with Crippen molar-refractivity contribution >= 4 is 21.4 Å². The average Bonchev–Trinajstić information content (AvgIpc) is 3.10. The van der Waals surface area contributed by atoms with E-state index in [2.05, 4.69) is 4.72 Å². The van der Waals surface area contributed by atoms with Crippen LogP contribution in [0.3, 0.4) is 0 Å². The number of thiophene rings is 1. The van der Waals surface area contributed by atoms with E-state index in [0.29, 0.717) is 10.6 Å². The quantitative estimate of drug-likeness (QED) is 0.807. The lowest BCUT2D eigenvalue weighted by Crippen LogP contribution is -2.42. The molecule has 0 spiro atoms. The molecule has 5 nitrogen and oxygen atoms in total. The van der Waals surface area contributed by atoms with Gasteiger partial charge in [0.25, 0.3) is 0 Å². The van der Waals surface area contributed by atoms with Crippen LogP contribution in [0.1, 0.15) is 35.8 Å². The Morgan fingerprint density at radius 1 is 1.32 bits per heavy atom. The highest BCUT2D eigenvalue weighted by Gasteiger charge is 2.36. The number of hydrogen-bond acceptors (Lipinski definition) is 5. The summed E-state index contributed by atoms with van der Waals surface area (Å²) in [7, 11) is -2.01. The third-order valence-corrected chi connectivity index (χ3v) is 7.78. The number of aryl methyl sites for hydroxylation is 2. The molecule has 0 bridgehead atoms. The molecule has 0 radical (unpaired) electrons. The van der Waals surface area contributed by atoms with Gasteiger partial charge in [-0.25, -0.2) is 13.1 Å². The number of hydrogen-bond donors (Lipinski definition) is 2. The van der Waals surface area contributed by atoms with Crippen LogP contribution < -0.4 is 9.46 Å². The van der Waals surface area contributed by atoms with Crippen molar-refractivity contribution in [2.24, 2.45) is 0 Å². The third kappa shape index (κ3) is 3.74. The maximum absolute atomic E-state index is 12.5. The van der Waals surface area contributed by atoms with Crippen LogP contribution >= 0.6 is 11.3 Å². The molecule has 1 atom stereocenters. The van der Waals surface area contributed by atoms with Gasteiger partial charge in [0.15, 0.2) is 0 Å². The molecule has 0 aliphatic heterocycles. The number of nitrogens with one attached hydrogen (secondary N) is 1. The number of sulfonamides is 1. The molecule has 0 saturated heterocycles. The second kappa shape index (κ2) is 7.07. The minimum absolute atomic E-state index is 0.0337. The summed E-state index contributed by atoms with van der Waals surface area (Å²) in [6.45, 7) is 1.96. The van der Waals surface area contributed by atoms with Gasteiger partial charge in [0.05, 0.1) is 7.11 Å². The van der Waals surface area contributed by atoms with Crippen LogP contribution in [0, 0.1) is 0 Å². The standard InChI is InChI=1S/C18H23NO4S2/c1-3-15-7-9-17(24-15)25(21,22)19-12-18(20)10-4-5-13-11-14(23-2)6-8-16(13)18/h6-9,11,19-20H,3-5,10,12H2,1-2H3/t18-/m0/s1. The van der Waals surface area contributed by atoms with Gasteiger partial charge in [0, 0.05) is 11.4 Å². The molecule has 1 aliphatic carbocycles. The van der Waals surface area contributed by atoms with Gasteiger partial charge in [-0.2, -0.15) is 0 Å². The zero-order chi connectivity index (χ0) is 18.1. The Labute approximate surface area is 152 Å². The molecule has 0 saturated carbocycles. The molecule has 2 N–H and O–H groups in total. The Kier molecular flexibility index (Phi) is 5.20. The Morgan fingerprint density at radius 3 is 2.80 bits per heavy atom. The maximum Gasteiger partial charge on any atom is 0.250 e. The van der Waals surface area contributed by atoms with Gasteiger partial charge in [-0.05, 0) is 61.1 Å². The van der Waals surface area contributed by atoms with E-state index >= 15 is 0 Å². The smallest absolute Gasteiger partial charge is 0.250 e. The number of aliphatic hydroxyl groups is 1. The lowest BCUT2D eigenvalue weighted by molar-refractivity contribution is 0.0242. The van der Waals surface area contributed by atoms with Crippen molar-refractivity contribution in [3.63, 3.8) is 0 Å². The molecule has 1 aliphatic rings. The lowest BCUT2D eigenvalue weighted by atomic mass is 9.79. The normalized spacial score (nSPS) is 20.3. The summed E-state index contributed by atoms with van der Waals surface area (Å²) in [5, 5.41) is 11.1. The van der Waals surface area contributed by atoms with E-state index < -0.39 is 15.6 Å². The Morgan fingerprint density at radius 2 is 2.12 bits per heavy atom. The number of fused-ring (bicyclic) bond motifs is 1. The molecule has 136 valence electrons. The minimum Gasteiger partial charge on any atom is -0.497 e. The number of rotatable bonds is 6. The fourth-order valence-electron chi connectivity index (χ4n) is 3.23. The van der Waals surface area contributed by atoms with E-state index in [4.69, 9.17) is 4.74 Å². The van der Waals surface area contributed by atoms with Gasteiger partial charge in [0.1, 0.15) is 15.6 Å². The summed E-state index contributed by atoms with van der Waals surface area (Å²) in [6, 6.07) is 9.00. The van der Waals surface area contributed by atoms with E-state index in [1.807, 2.05) is 25.1 Å². The highest BCUT2D eigenvalue weighted by atomic mass is 32.2. The van der Waals surface area contributed by atoms with Crippen molar-refractivity contribution < 1.29 is 18.3 Å². The highest BCUT2D eigenvalue weighted by molar-refractivity contribution is 7.91.